The first-order valence-electron chi connectivity index (χ1n) is 6.73. The molecule has 1 heterocycles. The van der Waals surface area contributed by atoms with Crippen molar-refractivity contribution in [1.29, 1.82) is 0 Å². The Kier molecular flexibility index (Phi) is 4.96. The second-order valence-electron chi connectivity index (χ2n) is 4.96. The Bertz CT molecular complexity index is 540. The molecule has 0 aliphatic rings. The third-order valence-electron chi connectivity index (χ3n) is 3.27. The number of hydrogen-bond acceptors (Lipinski definition) is 2. The van der Waals surface area contributed by atoms with E-state index >= 15 is 0 Å². The summed E-state index contributed by atoms with van der Waals surface area (Å²) in [4.78, 5) is 4.00. The van der Waals surface area contributed by atoms with Crippen LogP contribution in [-0.4, -0.2) is 11.2 Å². The molecule has 0 bridgehead atoms. The summed E-state index contributed by atoms with van der Waals surface area (Å²) in [5, 5.41) is 3.05. The van der Waals surface area contributed by atoms with Crippen molar-refractivity contribution in [3.63, 3.8) is 0 Å². The second-order valence-corrected chi connectivity index (χ2v) is 4.96. The van der Waals surface area contributed by atoms with Gasteiger partial charge in [0.25, 0.3) is 0 Å². The molecule has 1 aromatic heterocycles. The molecule has 0 saturated carbocycles. The molecule has 0 amide bonds. The van der Waals surface area contributed by atoms with E-state index in [-0.39, 0.29) is 6.04 Å². The molecule has 0 fully saturated rings. The molecule has 0 radical (unpaired) electrons. The van der Waals surface area contributed by atoms with Gasteiger partial charge in [0.05, 0.1) is 6.42 Å². The molecule has 1 unspecified atom stereocenters. The van der Waals surface area contributed by atoms with Crippen LogP contribution in [-0.2, 0) is 0 Å². The largest absolute Gasteiger partial charge is 0.390 e. The lowest BCUT2D eigenvalue weighted by Crippen LogP contribution is -2.29. The monoisotopic (exact) mass is 294 g/mol. The zero-order valence-corrected chi connectivity index (χ0v) is 11.6. The van der Waals surface area contributed by atoms with Crippen LogP contribution in [0.2, 0.25) is 0 Å². The Morgan fingerprint density at radius 1 is 1.05 bits per heavy atom. The number of benzene rings is 1. The number of rotatable bonds is 5. The van der Waals surface area contributed by atoms with Crippen LogP contribution in [0.3, 0.4) is 0 Å². The van der Waals surface area contributed by atoms with Crippen LogP contribution in [0.5, 0.6) is 0 Å². The summed E-state index contributed by atoms with van der Waals surface area (Å²) in [6.45, 7) is 1.84. The molecule has 0 spiro atoms. The van der Waals surface area contributed by atoms with Gasteiger partial charge in [-0.3, -0.25) is 4.98 Å². The Morgan fingerprint density at radius 2 is 1.71 bits per heavy atom. The van der Waals surface area contributed by atoms with E-state index in [2.05, 4.69) is 10.3 Å². The van der Waals surface area contributed by atoms with Crippen molar-refractivity contribution in [2.24, 2.45) is 0 Å². The topological polar surface area (TPSA) is 24.9 Å². The van der Waals surface area contributed by atoms with Gasteiger partial charge in [-0.15, -0.1) is 0 Å². The number of nitrogens with zero attached hydrogens (tertiary/aromatic N) is 1. The van der Waals surface area contributed by atoms with E-state index in [1.807, 2.05) is 13.0 Å². The maximum Gasteiger partial charge on any atom is 0.390 e. The lowest BCUT2D eigenvalue weighted by atomic mass is 10.0. The van der Waals surface area contributed by atoms with Gasteiger partial charge < -0.3 is 5.32 Å². The Balaban J connectivity index is 2.16. The summed E-state index contributed by atoms with van der Waals surface area (Å²) in [6.07, 6.45) is -1.82. The Morgan fingerprint density at radius 3 is 2.29 bits per heavy atom. The van der Waals surface area contributed by atoms with Gasteiger partial charge in [0.1, 0.15) is 0 Å². The fourth-order valence-electron chi connectivity index (χ4n) is 2.22. The summed E-state index contributed by atoms with van der Waals surface area (Å²) in [7, 11) is 0. The predicted octanol–water partition coefficient (Wildman–Crippen LogP) is 4.43. The Hall–Kier alpha value is -1.88. The van der Waals surface area contributed by atoms with Gasteiger partial charge in [-0.1, -0.05) is 36.4 Å². The van der Waals surface area contributed by atoms with E-state index in [1.54, 1.807) is 48.8 Å². The maximum absolute atomic E-state index is 12.8. The van der Waals surface area contributed by atoms with Crippen LogP contribution in [0.15, 0.2) is 54.9 Å². The average molecular weight is 294 g/mol. The summed E-state index contributed by atoms with van der Waals surface area (Å²) in [6, 6.07) is 11.3. The fourth-order valence-corrected chi connectivity index (χ4v) is 2.22. The van der Waals surface area contributed by atoms with Gasteiger partial charge >= 0.3 is 6.18 Å². The fraction of sp³-hybridized carbons (Fsp3) is 0.312. The number of pyridine rings is 1. The molecule has 0 saturated heterocycles. The van der Waals surface area contributed by atoms with Crippen molar-refractivity contribution in [2.45, 2.75) is 31.6 Å². The summed E-state index contributed by atoms with van der Waals surface area (Å²) >= 11 is 0. The highest BCUT2D eigenvalue weighted by molar-refractivity contribution is 5.21. The third-order valence-corrected chi connectivity index (χ3v) is 3.27. The van der Waals surface area contributed by atoms with Crippen molar-refractivity contribution >= 4 is 0 Å². The van der Waals surface area contributed by atoms with Gasteiger partial charge in [0.15, 0.2) is 0 Å². The number of aromatic nitrogens is 1. The van der Waals surface area contributed by atoms with Gasteiger partial charge in [-0.05, 0) is 24.1 Å². The lowest BCUT2D eigenvalue weighted by molar-refractivity contribution is -0.140. The Labute approximate surface area is 122 Å². The van der Waals surface area contributed by atoms with Crippen LogP contribution in [0.4, 0.5) is 13.2 Å². The maximum atomic E-state index is 12.8. The van der Waals surface area contributed by atoms with Gasteiger partial charge in [-0.25, -0.2) is 0 Å². The summed E-state index contributed by atoms with van der Waals surface area (Å²) in [5.41, 5.74) is 1.49. The first kappa shape index (κ1) is 15.5. The van der Waals surface area contributed by atoms with Crippen LogP contribution in [0.1, 0.15) is 36.6 Å². The summed E-state index contributed by atoms with van der Waals surface area (Å²) < 4.78 is 38.4. The van der Waals surface area contributed by atoms with Crippen molar-refractivity contribution < 1.29 is 13.2 Å². The van der Waals surface area contributed by atoms with Crippen LogP contribution in [0.25, 0.3) is 0 Å². The quantitative estimate of drug-likeness (QED) is 0.882. The van der Waals surface area contributed by atoms with E-state index in [0.29, 0.717) is 5.56 Å². The smallest absolute Gasteiger partial charge is 0.303 e. The molecular weight excluding hydrogens is 277 g/mol. The number of alkyl halides is 3. The molecule has 5 heteroatoms. The normalized spacial score (nSPS) is 14.7. The predicted molar refractivity (Wildman–Crippen MR) is 75.6 cm³/mol. The average Bonchev–Trinajstić information content (AvgIpc) is 2.47. The highest BCUT2D eigenvalue weighted by Gasteiger charge is 2.33. The molecule has 2 atom stereocenters. The molecule has 0 aliphatic carbocycles. The van der Waals surface area contributed by atoms with E-state index < -0.39 is 18.6 Å². The standard InChI is InChI=1S/C16H17F3N2/c1-12(14-8-5-9-20-11-14)21-15(10-16(17,18)19)13-6-3-2-4-7-13/h2-9,11-12,15,21H,10H2,1H3/t12-,15?/m1/s1. The zero-order valence-electron chi connectivity index (χ0n) is 11.6. The minimum atomic E-state index is -4.22. The molecule has 0 aliphatic heterocycles. The molecule has 112 valence electrons. The highest BCUT2D eigenvalue weighted by Crippen LogP contribution is 2.31. The first-order chi connectivity index (χ1) is 9.96. The highest BCUT2D eigenvalue weighted by atomic mass is 19.4. The van der Waals surface area contributed by atoms with Gasteiger partial charge in [0.2, 0.25) is 0 Å². The van der Waals surface area contributed by atoms with Crippen molar-refractivity contribution in [2.75, 3.05) is 0 Å². The second kappa shape index (κ2) is 6.72. The minimum absolute atomic E-state index is 0.216. The molecule has 2 nitrogen and oxygen atoms in total. The van der Waals surface area contributed by atoms with Gasteiger partial charge in [0, 0.05) is 24.5 Å². The molecule has 2 aromatic rings. The molecular formula is C16H17F3N2. The first-order valence-corrected chi connectivity index (χ1v) is 6.73. The van der Waals surface area contributed by atoms with Crippen molar-refractivity contribution in [1.82, 2.24) is 10.3 Å². The van der Waals surface area contributed by atoms with E-state index in [0.717, 1.165) is 5.56 Å². The van der Waals surface area contributed by atoms with Gasteiger partial charge in [-0.2, -0.15) is 13.2 Å². The number of halogens is 3. The zero-order chi connectivity index (χ0) is 15.3. The number of nitrogens with one attached hydrogen (secondary N) is 1. The van der Waals surface area contributed by atoms with Crippen LogP contribution in [0, 0.1) is 0 Å². The molecule has 21 heavy (non-hydrogen) atoms. The summed E-state index contributed by atoms with van der Waals surface area (Å²) in [5.74, 6) is 0. The molecule has 1 N–H and O–H groups in total. The third kappa shape index (κ3) is 4.86. The van der Waals surface area contributed by atoms with Crippen molar-refractivity contribution in [3.05, 3.63) is 66.0 Å². The van der Waals surface area contributed by atoms with E-state index in [9.17, 15) is 13.2 Å². The number of hydrogen-bond donors (Lipinski definition) is 1. The van der Waals surface area contributed by atoms with E-state index in [1.165, 1.54) is 0 Å². The minimum Gasteiger partial charge on any atom is -0.303 e. The van der Waals surface area contributed by atoms with E-state index in [4.69, 9.17) is 0 Å². The molecule has 1 aromatic carbocycles. The van der Waals surface area contributed by atoms with Crippen molar-refractivity contribution in [3.8, 4) is 0 Å². The van der Waals surface area contributed by atoms with Crippen LogP contribution < -0.4 is 5.32 Å². The SMILES string of the molecule is C[C@@H](NC(CC(F)(F)F)c1ccccc1)c1cccnc1. The van der Waals surface area contributed by atoms with Crippen LogP contribution >= 0.6 is 0 Å². The lowest BCUT2D eigenvalue weighted by Gasteiger charge is -2.25. The molecule has 2 rings (SSSR count).